The molecule has 0 bridgehead atoms. The minimum Gasteiger partial charge on any atom is -0.469 e. The Morgan fingerprint density at radius 3 is 1.62 bits per heavy atom. The van der Waals surface area contributed by atoms with E-state index in [-0.39, 0.29) is 12.4 Å². The van der Waals surface area contributed by atoms with Crippen molar-refractivity contribution in [2.45, 2.75) is 85.9 Å². The van der Waals surface area contributed by atoms with Crippen LogP contribution in [0.15, 0.2) is 6.20 Å². The summed E-state index contributed by atoms with van der Waals surface area (Å²) in [6, 6.07) is 1.52. The lowest BCUT2D eigenvalue weighted by Crippen LogP contribution is -2.47. The summed E-state index contributed by atoms with van der Waals surface area (Å²) in [5, 5.41) is 8.47. The molecular formula is C26H54N4O8Si2. The second-order valence-electron chi connectivity index (χ2n) is 9.06. The highest BCUT2D eigenvalue weighted by atomic mass is 28.4. The van der Waals surface area contributed by atoms with E-state index in [0.717, 1.165) is 50.3 Å². The van der Waals surface area contributed by atoms with Gasteiger partial charge in [0.1, 0.15) is 0 Å². The van der Waals surface area contributed by atoms with Crippen LogP contribution < -0.4 is 0 Å². The zero-order chi connectivity index (χ0) is 29.7. The standard InChI is InChI=1S/C26H54N4O8Si2/c1-8-33-39(34-9-2,35-10-3)22-14-18-29(19-15-23-40(36-11-4,37-12-5)38-13-6)20-21-30-24-25(27-28-30)16-17-26(31)32-7/h24H,8-23H2,1-7H3. The molecule has 1 heterocycles. The van der Waals surface area contributed by atoms with Gasteiger partial charge in [-0.05, 0) is 67.5 Å². The highest BCUT2D eigenvalue weighted by Gasteiger charge is 2.41. The summed E-state index contributed by atoms with van der Waals surface area (Å²) in [5.74, 6) is -0.253. The Labute approximate surface area is 243 Å². The summed E-state index contributed by atoms with van der Waals surface area (Å²) in [6.45, 7) is 18.5. The number of hydrogen-bond donors (Lipinski definition) is 0. The van der Waals surface area contributed by atoms with Crippen LogP contribution in [-0.4, -0.2) is 110 Å². The fourth-order valence-corrected chi connectivity index (χ4v) is 9.70. The molecule has 0 amide bonds. The Balaban J connectivity index is 2.87. The van der Waals surface area contributed by atoms with E-state index in [1.54, 1.807) is 0 Å². The SMILES string of the molecule is CCO[Si](CCCN(CCC[Si](OCC)(OCC)OCC)CCn1cc(CCC(=O)OC)nn1)(OCC)OCC. The topological polar surface area (TPSA) is 116 Å². The number of carbonyl (C=O) groups excluding carboxylic acids is 1. The number of hydrogen-bond acceptors (Lipinski definition) is 11. The maximum atomic E-state index is 11.5. The normalized spacial score (nSPS) is 12.4. The van der Waals surface area contributed by atoms with Crippen LogP contribution in [0.3, 0.4) is 0 Å². The van der Waals surface area contributed by atoms with Crippen LogP contribution in [-0.2, 0) is 49.1 Å². The summed E-state index contributed by atoms with van der Waals surface area (Å²) >= 11 is 0. The number of nitrogens with zero attached hydrogens (tertiary/aromatic N) is 4. The third-order valence-corrected chi connectivity index (χ3v) is 12.4. The Bertz CT molecular complexity index is 724. The molecule has 12 nitrogen and oxygen atoms in total. The Hall–Kier alpha value is -1.24. The molecular weight excluding hydrogens is 552 g/mol. The molecule has 0 saturated heterocycles. The van der Waals surface area contributed by atoms with Crippen LogP contribution in [0.5, 0.6) is 0 Å². The summed E-state index contributed by atoms with van der Waals surface area (Å²) in [7, 11) is -4.02. The summed E-state index contributed by atoms with van der Waals surface area (Å²) in [4.78, 5) is 13.9. The largest absolute Gasteiger partial charge is 0.500 e. The fraction of sp³-hybridized carbons (Fsp3) is 0.885. The first-order valence-electron chi connectivity index (χ1n) is 14.9. The van der Waals surface area contributed by atoms with E-state index in [4.69, 9.17) is 31.3 Å². The zero-order valence-corrected chi connectivity index (χ0v) is 27.9. The summed E-state index contributed by atoms with van der Waals surface area (Å²) in [5.41, 5.74) is 0.777. The molecule has 14 heteroatoms. The molecule has 0 spiro atoms. The van der Waals surface area contributed by atoms with Crippen molar-refractivity contribution in [2.75, 3.05) is 66.4 Å². The van der Waals surface area contributed by atoms with Gasteiger partial charge in [-0.2, -0.15) is 0 Å². The van der Waals surface area contributed by atoms with Gasteiger partial charge in [-0.25, -0.2) is 0 Å². The average Bonchev–Trinajstić information content (AvgIpc) is 3.39. The van der Waals surface area contributed by atoms with Gasteiger partial charge in [0.2, 0.25) is 0 Å². The smallest absolute Gasteiger partial charge is 0.469 e. The van der Waals surface area contributed by atoms with Crippen molar-refractivity contribution in [1.82, 2.24) is 19.9 Å². The van der Waals surface area contributed by atoms with Crippen LogP contribution in [0, 0.1) is 0 Å². The molecule has 0 aromatic carbocycles. The van der Waals surface area contributed by atoms with Crippen molar-refractivity contribution < 1.29 is 36.1 Å². The first-order valence-corrected chi connectivity index (χ1v) is 18.7. The van der Waals surface area contributed by atoms with Crippen molar-refractivity contribution in [3.8, 4) is 0 Å². The van der Waals surface area contributed by atoms with E-state index in [1.165, 1.54) is 7.11 Å². The fourth-order valence-electron chi connectivity index (χ4n) is 4.51. The van der Waals surface area contributed by atoms with Crippen LogP contribution >= 0.6 is 0 Å². The lowest BCUT2D eigenvalue weighted by Gasteiger charge is -2.31. The van der Waals surface area contributed by atoms with E-state index >= 15 is 0 Å². The molecule has 0 aliphatic heterocycles. The van der Waals surface area contributed by atoms with Gasteiger partial charge in [0, 0.05) is 70.9 Å². The molecule has 234 valence electrons. The molecule has 0 aliphatic carbocycles. The van der Waals surface area contributed by atoms with Crippen molar-refractivity contribution in [3.63, 3.8) is 0 Å². The van der Waals surface area contributed by atoms with Crippen molar-refractivity contribution in [1.29, 1.82) is 0 Å². The molecule has 1 aromatic heterocycles. The lowest BCUT2D eigenvalue weighted by atomic mass is 10.2. The molecule has 0 N–H and O–H groups in total. The minimum atomic E-state index is -2.71. The number of methoxy groups -OCH3 is 1. The average molecular weight is 607 g/mol. The first-order chi connectivity index (χ1) is 19.3. The number of aryl methyl sites for hydroxylation is 1. The van der Waals surface area contributed by atoms with E-state index in [1.807, 2.05) is 52.4 Å². The van der Waals surface area contributed by atoms with Crippen LogP contribution in [0.1, 0.15) is 66.5 Å². The molecule has 1 rings (SSSR count). The second-order valence-corrected chi connectivity index (χ2v) is 14.5. The molecule has 0 unspecified atom stereocenters. The predicted molar refractivity (Wildman–Crippen MR) is 157 cm³/mol. The summed E-state index contributed by atoms with van der Waals surface area (Å²) in [6.07, 6.45) is 4.47. The van der Waals surface area contributed by atoms with Crippen molar-refractivity contribution in [2.24, 2.45) is 0 Å². The van der Waals surface area contributed by atoms with Gasteiger partial charge in [-0.15, -0.1) is 5.10 Å². The first kappa shape index (κ1) is 36.8. The third kappa shape index (κ3) is 14.1. The van der Waals surface area contributed by atoms with E-state index < -0.39 is 17.6 Å². The number of esters is 1. The minimum absolute atomic E-state index is 0.253. The summed E-state index contributed by atoms with van der Waals surface area (Å²) < 4.78 is 42.9. The van der Waals surface area contributed by atoms with Crippen molar-refractivity contribution in [3.05, 3.63) is 11.9 Å². The van der Waals surface area contributed by atoms with Gasteiger partial charge in [0.15, 0.2) is 0 Å². The van der Waals surface area contributed by atoms with Gasteiger partial charge < -0.3 is 36.2 Å². The molecule has 0 radical (unpaired) electrons. The second kappa shape index (κ2) is 21.5. The molecule has 40 heavy (non-hydrogen) atoms. The Kier molecular flexibility index (Phi) is 19.7. The maximum Gasteiger partial charge on any atom is 0.500 e. The van der Waals surface area contributed by atoms with Crippen LogP contribution in [0.4, 0.5) is 0 Å². The predicted octanol–water partition coefficient (Wildman–Crippen LogP) is 3.56. The Morgan fingerprint density at radius 1 is 0.775 bits per heavy atom. The molecule has 0 atom stereocenters. The maximum absolute atomic E-state index is 11.5. The van der Waals surface area contributed by atoms with Crippen LogP contribution in [0.2, 0.25) is 12.1 Å². The van der Waals surface area contributed by atoms with E-state index in [0.29, 0.717) is 52.6 Å². The number of aromatic nitrogens is 3. The quantitative estimate of drug-likeness (QED) is 0.114. The highest BCUT2D eigenvalue weighted by molar-refractivity contribution is 6.61. The van der Waals surface area contributed by atoms with Crippen molar-refractivity contribution >= 4 is 23.6 Å². The van der Waals surface area contributed by atoms with E-state index in [2.05, 4.69) is 15.2 Å². The molecule has 0 saturated carbocycles. The molecule has 0 fully saturated rings. The van der Waals surface area contributed by atoms with Gasteiger partial charge in [0.05, 0.1) is 25.8 Å². The lowest BCUT2D eigenvalue weighted by molar-refractivity contribution is -0.140. The number of ether oxygens (including phenoxy) is 1. The van der Waals surface area contributed by atoms with Gasteiger partial charge in [0.25, 0.3) is 0 Å². The van der Waals surface area contributed by atoms with Gasteiger partial charge in [-0.3, -0.25) is 9.48 Å². The van der Waals surface area contributed by atoms with Gasteiger partial charge >= 0.3 is 23.6 Å². The molecule has 1 aromatic rings. The zero-order valence-electron chi connectivity index (χ0n) is 25.9. The Morgan fingerprint density at radius 2 is 1.23 bits per heavy atom. The monoisotopic (exact) mass is 606 g/mol. The van der Waals surface area contributed by atoms with E-state index in [9.17, 15) is 4.79 Å². The third-order valence-electron chi connectivity index (χ3n) is 6.14. The number of rotatable bonds is 26. The van der Waals surface area contributed by atoms with Crippen LogP contribution in [0.25, 0.3) is 0 Å². The van der Waals surface area contributed by atoms with Gasteiger partial charge in [-0.1, -0.05) is 5.21 Å². The highest BCUT2D eigenvalue weighted by Crippen LogP contribution is 2.21. The molecule has 0 aliphatic rings. The number of carbonyl (C=O) groups is 1.